The number of aryl methyl sites for hydroxylation is 4. The molecule has 226 valence electrons. The second kappa shape index (κ2) is 25.0. The zero-order valence-electron chi connectivity index (χ0n) is 27.4. The van der Waals surface area contributed by atoms with Crippen molar-refractivity contribution in [2.75, 3.05) is 11.0 Å². The number of hydrogen-bond donors (Lipinski definition) is 1. The molecule has 2 aromatic carbocycles. The Hall–Kier alpha value is -0.107. The molecule has 9 nitrogen and oxygen atoms in total. The number of phenols is 1. The van der Waals surface area contributed by atoms with E-state index in [0.29, 0.717) is 34.3 Å². The van der Waals surface area contributed by atoms with E-state index in [1.54, 1.807) is 25.1 Å². The van der Waals surface area contributed by atoms with Crippen molar-refractivity contribution in [3.8, 4) is 11.5 Å². The van der Waals surface area contributed by atoms with Crippen LogP contribution in [-0.4, -0.2) is 22.6 Å². The molecule has 0 aliphatic heterocycles. The van der Waals surface area contributed by atoms with Crippen LogP contribution in [0.4, 0.5) is 0 Å². The fourth-order valence-corrected chi connectivity index (χ4v) is 4.02. The summed E-state index contributed by atoms with van der Waals surface area (Å²) in [5, 5.41) is 19.1. The van der Waals surface area contributed by atoms with Crippen LogP contribution < -0.4 is 124 Å². The van der Waals surface area contributed by atoms with Crippen molar-refractivity contribution in [2.45, 2.75) is 67.2 Å². The van der Waals surface area contributed by atoms with E-state index in [4.69, 9.17) is 23.6 Å². The Kier molecular flexibility index (Phi) is 26.2. The summed E-state index contributed by atoms with van der Waals surface area (Å²) in [6, 6.07) is 9.87. The van der Waals surface area contributed by atoms with Crippen molar-refractivity contribution in [1.82, 2.24) is 0 Å². The molecular weight excluding hydrogens is 721 g/mol. The normalized spacial score (nSPS) is 9.49. The first-order chi connectivity index (χ1) is 19.6. The number of carbonyl (C=O) groups excluding carboxylic acids is 1. The maximum atomic E-state index is 12.1. The monoisotopic (exact) mass is 760 g/mol. The van der Waals surface area contributed by atoms with E-state index in [-0.39, 0.29) is 127 Å². The Morgan fingerprint density at radius 2 is 1.26 bits per heavy atom. The van der Waals surface area contributed by atoms with Crippen LogP contribution in [0.5, 0.6) is 11.5 Å². The molecule has 1 N–H and O–H groups in total. The number of halogens is 1. The van der Waals surface area contributed by atoms with Crippen LogP contribution in [0.25, 0.3) is 21.9 Å². The van der Waals surface area contributed by atoms with E-state index in [1.807, 2.05) is 26.8 Å². The molecule has 2 heterocycles. The molecule has 0 spiro atoms. The van der Waals surface area contributed by atoms with Crippen LogP contribution >= 0.6 is 22.6 Å². The van der Waals surface area contributed by atoms with Gasteiger partial charge in [0.2, 0.25) is 0 Å². The molecule has 43 heavy (non-hydrogen) atoms. The Bertz CT molecular complexity index is 1520. The van der Waals surface area contributed by atoms with Gasteiger partial charge in [0.15, 0.2) is 10.9 Å². The summed E-state index contributed by atoms with van der Waals surface area (Å²) in [6.07, 6.45) is 3.40. The van der Waals surface area contributed by atoms with Gasteiger partial charge in [-0.25, -0.2) is 0 Å². The SMILES string of the molecule is CCCc1cc(=O)c2c(C)cc(O)cc2o1.CCCc1cc(=O)c2c(C)cc(OCC)cc2o1.CCI.O=CO[O-].[H-].[K+].[K+]. The van der Waals surface area contributed by atoms with Gasteiger partial charge in [0, 0.05) is 37.1 Å². The minimum Gasteiger partial charge on any atom is -1.00 e. The van der Waals surface area contributed by atoms with Gasteiger partial charge in [-0.15, -0.1) is 0 Å². The largest absolute Gasteiger partial charge is 1.00 e. The number of carbonyl (C=O) groups is 1. The molecule has 12 heteroatoms. The number of aromatic hydroxyl groups is 1. The molecule has 0 saturated heterocycles. The predicted octanol–water partition coefficient (Wildman–Crippen LogP) is 0.209. The van der Waals surface area contributed by atoms with E-state index in [2.05, 4.69) is 41.3 Å². The van der Waals surface area contributed by atoms with Gasteiger partial charge < -0.3 is 30.2 Å². The average Bonchev–Trinajstić information content (AvgIpc) is 2.89. The Labute approximate surface area is 352 Å². The van der Waals surface area contributed by atoms with Crippen LogP contribution in [0.15, 0.2) is 54.8 Å². The number of ether oxygens (including phenoxy) is 1. The van der Waals surface area contributed by atoms with E-state index in [9.17, 15) is 14.7 Å². The van der Waals surface area contributed by atoms with Crippen molar-refractivity contribution >= 4 is 51.0 Å². The Morgan fingerprint density at radius 1 is 0.837 bits per heavy atom. The van der Waals surface area contributed by atoms with Gasteiger partial charge in [-0.05, 0) is 61.3 Å². The van der Waals surface area contributed by atoms with Gasteiger partial charge >= 0.3 is 103 Å². The number of phenolic OH excluding ortho intramolecular Hbond substituents is 1. The van der Waals surface area contributed by atoms with Gasteiger partial charge in [0.05, 0.1) is 17.4 Å². The van der Waals surface area contributed by atoms with E-state index in [0.717, 1.165) is 48.3 Å². The molecule has 0 bridgehead atoms. The molecule has 4 aromatic rings. The first kappa shape index (κ1) is 45.0. The quantitative estimate of drug-likeness (QED) is 0.0700. The third kappa shape index (κ3) is 15.4. The first-order valence-corrected chi connectivity index (χ1v) is 14.9. The summed E-state index contributed by atoms with van der Waals surface area (Å²) < 4.78 is 18.0. The van der Waals surface area contributed by atoms with Gasteiger partial charge in [-0.1, -0.05) is 43.4 Å². The average molecular weight is 761 g/mol. The van der Waals surface area contributed by atoms with Gasteiger partial charge in [-0.3, -0.25) is 14.4 Å². The number of hydrogen-bond acceptors (Lipinski definition) is 9. The molecular formula is C31H39IK2O9. The summed E-state index contributed by atoms with van der Waals surface area (Å²) in [5.41, 5.74) is 2.71. The zero-order valence-corrected chi connectivity index (χ0v) is 34.8. The Morgan fingerprint density at radius 3 is 1.65 bits per heavy atom. The van der Waals surface area contributed by atoms with Crippen LogP contribution in [0.3, 0.4) is 0 Å². The van der Waals surface area contributed by atoms with Gasteiger partial charge in [0.1, 0.15) is 34.2 Å². The number of fused-ring (bicyclic) bond motifs is 2. The number of benzene rings is 2. The third-order valence-corrected chi connectivity index (χ3v) is 5.46. The minimum absolute atomic E-state index is 0. The summed E-state index contributed by atoms with van der Waals surface area (Å²) in [4.78, 5) is 35.2. The molecule has 2 aromatic heterocycles. The smallest absolute Gasteiger partial charge is 1.00 e. The molecule has 0 saturated carbocycles. The minimum atomic E-state index is -0.181. The van der Waals surface area contributed by atoms with E-state index >= 15 is 0 Å². The van der Waals surface area contributed by atoms with Crippen LogP contribution in [-0.2, 0) is 22.5 Å². The van der Waals surface area contributed by atoms with Crippen molar-refractivity contribution < 1.29 is 138 Å². The summed E-state index contributed by atoms with van der Waals surface area (Å²) in [6.45, 7) is 12.2. The van der Waals surface area contributed by atoms with Crippen LogP contribution in [0.2, 0.25) is 0 Å². The fraction of sp³-hybridized carbons (Fsp3) is 0.387. The summed E-state index contributed by atoms with van der Waals surface area (Å²) in [7, 11) is 0. The van der Waals surface area contributed by atoms with Crippen molar-refractivity contribution in [2.24, 2.45) is 0 Å². The third-order valence-electron chi connectivity index (χ3n) is 5.46. The van der Waals surface area contributed by atoms with Gasteiger partial charge in [0.25, 0.3) is 6.47 Å². The second-order valence-corrected chi connectivity index (χ2v) is 10.3. The number of alkyl halides is 1. The maximum Gasteiger partial charge on any atom is 1.00 e. The standard InChI is InChI=1S/C15H18O3.C13H14O3.C2H5I.CH2O3.2K.H/c1-4-6-11-8-13(16)15-10(3)7-12(17-5-2)9-14(15)18-11;1-3-4-10-7-11(15)13-8(2)5-9(14)6-12(13)16-10;1-2-3;2-1-4-3;;;/h7-9H,4-6H2,1-3H3;5-7,14H,3-4H2,1-2H3;2H2,1H3;1,3H;;;/q;;;;2*+1;-1/p-1. The molecule has 0 radical (unpaired) electrons. The van der Waals surface area contributed by atoms with Crippen molar-refractivity contribution in [1.29, 1.82) is 0 Å². The molecule has 4 rings (SSSR count). The van der Waals surface area contributed by atoms with Crippen molar-refractivity contribution in [3.63, 3.8) is 0 Å². The van der Waals surface area contributed by atoms with Gasteiger partial charge in [-0.2, -0.15) is 0 Å². The zero-order chi connectivity index (χ0) is 30.9. The summed E-state index contributed by atoms with van der Waals surface area (Å²) >= 11 is 2.29. The van der Waals surface area contributed by atoms with E-state index in [1.165, 1.54) is 16.6 Å². The topological polar surface area (TPSA) is 139 Å². The maximum absolute atomic E-state index is 12.1. The Balaban J connectivity index is -0.000000599. The first-order valence-electron chi connectivity index (χ1n) is 13.3. The van der Waals surface area contributed by atoms with Crippen LogP contribution in [0.1, 0.15) is 64.6 Å². The molecule has 0 unspecified atom stereocenters. The van der Waals surface area contributed by atoms with E-state index < -0.39 is 0 Å². The fourth-order valence-electron chi connectivity index (χ4n) is 4.02. The molecule has 0 aliphatic rings. The second-order valence-electron chi connectivity index (χ2n) is 8.80. The molecule has 0 fully saturated rings. The van der Waals surface area contributed by atoms with Crippen molar-refractivity contribution in [3.05, 3.63) is 79.5 Å². The predicted molar refractivity (Wildman–Crippen MR) is 168 cm³/mol. The van der Waals surface area contributed by atoms with Crippen LogP contribution in [0, 0.1) is 13.8 Å². The molecule has 0 atom stereocenters. The molecule has 0 amide bonds. The summed E-state index contributed by atoms with van der Waals surface area (Å²) in [5.74, 6) is 2.29. The molecule has 0 aliphatic carbocycles. The number of rotatable bonds is 7.